The fourth-order valence-corrected chi connectivity index (χ4v) is 4.80. The van der Waals surface area contributed by atoms with Crippen molar-refractivity contribution in [1.82, 2.24) is 15.5 Å². The molecule has 0 aromatic heterocycles. The van der Waals surface area contributed by atoms with E-state index in [0.717, 1.165) is 44.3 Å². The molecule has 6 heteroatoms. The summed E-state index contributed by atoms with van der Waals surface area (Å²) in [5, 5.41) is 7.31. The van der Waals surface area contributed by atoms with E-state index in [1.807, 2.05) is 7.05 Å². The first-order valence-corrected chi connectivity index (χ1v) is 11.5. The Balaban J connectivity index is 1.66. The molecule has 0 saturated carbocycles. The van der Waals surface area contributed by atoms with E-state index in [2.05, 4.69) is 52.6 Å². The van der Waals surface area contributed by atoms with Gasteiger partial charge in [-0.3, -0.25) is 4.99 Å². The Morgan fingerprint density at radius 1 is 1.27 bits per heavy atom. The van der Waals surface area contributed by atoms with Gasteiger partial charge in [0.25, 0.3) is 0 Å². The molecule has 0 atom stereocenters. The Morgan fingerprint density at radius 2 is 2.00 bits per heavy atom. The first-order valence-electron chi connectivity index (χ1n) is 11.5. The lowest BCUT2D eigenvalue weighted by Crippen LogP contribution is -2.52. The second kappa shape index (κ2) is 11.0. The van der Waals surface area contributed by atoms with Gasteiger partial charge < -0.3 is 25.0 Å². The minimum atomic E-state index is -0.0161. The third kappa shape index (κ3) is 5.67. The van der Waals surface area contributed by atoms with Crippen LogP contribution in [-0.2, 0) is 10.2 Å². The molecule has 0 unspecified atom stereocenters. The van der Waals surface area contributed by atoms with Crippen LogP contribution in [0.3, 0.4) is 0 Å². The third-order valence-corrected chi connectivity index (χ3v) is 6.66. The van der Waals surface area contributed by atoms with E-state index in [0.29, 0.717) is 6.04 Å². The molecule has 1 aromatic carbocycles. The first kappa shape index (κ1) is 22.9. The molecule has 3 rings (SSSR count). The number of rotatable bonds is 7. The molecule has 0 amide bonds. The second-order valence-corrected chi connectivity index (χ2v) is 8.78. The number of benzene rings is 1. The number of hydrogen-bond acceptors (Lipinski definition) is 4. The molecular weight excluding hydrogens is 376 g/mol. The van der Waals surface area contributed by atoms with Crippen LogP contribution in [0.2, 0.25) is 0 Å². The van der Waals surface area contributed by atoms with Crippen LogP contribution in [0.25, 0.3) is 0 Å². The average Bonchev–Trinajstić information content (AvgIpc) is 2.78. The molecule has 2 aliphatic heterocycles. The zero-order chi connectivity index (χ0) is 21.4. The number of guanidine groups is 1. The van der Waals surface area contributed by atoms with Crippen molar-refractivity contribution < 1.29 is 9.47 Å². The largest absolute Gasteiger partial charge is 0.496 e. The minimum absolute atomic E-state index is 0.0161. The Morgan fingerprint density at radius 3 is 2.63 bits per heavy atom. The number of aliphatic imine (C=N–C) groups is 1. The fraction of sp³-hybridized carbons (Fsp3) is 0.708. The lowest BCUT2D eigenvalue weighted by atomic mass is 9.73. The number of nitrogens with one attached hydrogen (secondary N) is 2. The molecule has 0 aliphatic carbocycles. The summed E-state index contributed by atoms with van der Waals surface area (Å²) in [4.78, 5) is 7.09. The molecule has 168 valence electrons. The van der Waals surface area contributed by atoms with Crippen molar-refractivity contribution in [2.24, 2.45) is 4.99 Å². The predicted octanol–water partition coefficient (Wildman–Crippen LogP) is 3.09. The highest BCUT2D eigenvalue weighted by atomic mass is 16.5. The number of hydrogen-bond donors (Lipinski definition) is 2. The summed E-state index contributed by atoms with van der Waals surface area (Å²) >= 11 is 0. The topological polar surface area (TPSA) is 58.1 Å². The number of ether oxygens (including phenoxy) is 2. The maximum absolute atomic E-state index is 5.74. The average molecular weight is 417 g/mol. The van der Waals surface area contributed by atoms with Gasteiger partial charge in [0.05, 0.1) is 7.11 Å². The van der Waals surface area contributed by atoms with Gasteiger partial charge in [0.15, 0.2) is 5.96 Å². The summed E-state index contributed by atoms with van der Waals surface area (Å²) in [6.45, 7) is 10.3. The van der Waals surface area contributed by atoms with E-state index in [4.69, 9.17) is 9.47 Å². The maximum atomic E-state index is 5.74. The predicted molar refractivity (Wildman–Crippen MR) is 124 cm³/mol. The van der Waals surface area contributed by atoms with Crippen molar-refractivity contribution in [2.75, 3.05) is 53.6 Å². The van der Waals surface area contributed by atoms with E-state index >= 15 is 0 Å². The van der Waals surface area contributed by atoms with Crippen molar-refractivity contribution in [2.45, 2.75) is 57.4 Å². The lowest BCUT2D eigenvalue weighted by Gasteiger charge is -2.39. The zero-order valence-corrected chi connectivity index (χ0v) is 19.3. The number of methoxy groups -OCH3 is 1. The molecule has 0 bridgehead atoms. The number of piperidine rings is 1. The standard InChI is InChI=1S/C24H40N4O2/c1-5-12-28-13-8-20(9-14-28)27-23(25-3)26-18-24(10-15-30-16-11-24)21-17-19(2)6-7-22(21)29-4/h6-7,17,20H,5,8-16,18H2,1-4H3,(H2,25,26,27). The number of nitrogens with zero attached hydrogens (tertiary/aromatic N) is 2. The van der Waals surface area contributed by atoms with Crippen molar-refractivity contribution in [1.29, 1.82) is 0 Å². The summed E-state index contributed by atoms with van der Waals surface area (Å²) in [5.74, 6) is 1.87. The van der Waals surface area contributed by atoms with Crippen molar-refractivity contribution >= 4 is 5.96 Å². The van der Waals surface area contributed by atoms with Gasteiger partial charge in [-0.2, -0.15) is 0 Å². The number of likely N-dealkylation sites (tertiary alicyclic amines) is 1. The lowest BCUT2D eigenvalue weighted by molar-refractivity contribution is 0.0505. The normalized spacial score (nSPS) is 20.7. The highest BCUT2D eigenvalue weighted by molar-refractivity contribution is 5.80. The van der Waals surface area contributed by atoms with Gasteiger partial charge in [0.1, 0.15) is 5.75 Å². The minimum Gasteiger partial charge on any atom is -0.496 e. The van der Waals surface area contributed by atoms with Crippen LogP contribution in [0.15, 0.2) is 23.2 Å². The monoisotopic (exact) mass is 416 g/mol. The number of aryl methyl sites for hydroxylation is 1. The smallest absolute Gasteiger partial charge is 0.191 e. The van der Waals surface area contributed by atoms with Gasteiger partial charge in [-0.05, 0) is 51.6 Å². The molecule has 0 spiro atoms. The molecule has 0 radical (unpaired) electrons. The molecule has 2 heterocycles. The van der Waals surface area contributed by atoms with Gasteiger partial charge in [-0.25, -0.2) is 0 Å². The van der Waals surface area contributed by atoms with E-state index in [-0.39, 0.29) is 5.41 Å². The Kier molecular flexibility index (Phi) is 8.40. The van der Waals surface area contributed by atoms with E-state index in [1.54, 1.807) is 7.11 Å². The van der Waals surface area contributed by atoms with Gasteiger partial charge in [-0.1, -0.05) is 24.6 Å². The Hall–Kier alpha value is -1.79. The molecule has 2 saturated heterocycles. The van der Waals surface area contributed by atoms with Crippen molar-refractivity contribution in [3.63, 3.8) is 0 Å². The highest BCUT2D eigenvalue weighted by Crippen LogP contribution is 2.40. The highest BCUT2D eigenvalue weighted by Gasteiger charge is 2.37. The van der Waals surface area contributed by atoms with Crippen LogP contribution in [0, 0.1) is 6.92 Å². The summed E-state index contributed by atoms with van der Waals surface area (Å²) in [6, 6.07) is 6.99. The second-order valence-electron chi connectivity index (χ2n) is 8.78. The molecular formula is C24H40N4O2. The molecule has 30 heavy (non-hydrogen) atoms. The van der Waals surface area contributed by atoms with Gasteiger partial charge >= 0.3 is 0 Å². The van der Waals surface area contributed by atoms with Gasteiger partial charge in [0.2, 0.25) is 0 Å². The van der Waals surface area contributed by atoms with Crippen LogP contribution in [0.1, 0.15) is 50.2 Å². The fourth-order valence-electron chi connectivity index (χ4n) is 4.80. The summed E-state index contributed by atoms with van der Waals surface area (Å²) in [5.41, 5.74) is 2.53. The van der Waals surface area contributed by atoms with Crippen LogP contribution in [0.4, 0.5) is 0 Å². The van der Waals surface area contributed by atoms with Crippen molar-refractivity contribution in [3.8, 4) is 5.75 Å². The van der Waals surface area contributed by atoms with Crippen LogP contribution >= 0.6 is 0 Å². The maximum Gasteiger partial charge on any atom is 0.191 e. The molecule has 6 nitrogen and oxygen atoms in total. The van der Waals surface area contributed by atoms with Crippen molar-refractivity contribution in [3.05, 3.63) is 29.3 Å². The SMILES string of the molecule is CCCN1CCC(NC(=NC)NCC2(c3cc(C)ccc3OC)CCOCC2)CC1. The Bertz CT molecular complexity index is 692. The summed E-state index contributed by atoms with van der Waals surface area (Å²) in [7, 11) is 3.63. The first-order chi connectivity index (χ1) is 14.6. The molecule has 1 aromatic rings. The van der Waals surface area contributed by atoms with Crippen LogP contribution in [0.5, 0.6) is 5.75 Å². The molecule has 2 N–H and O–H groups in total. The van der Waals surface area contributed by atoms with Crippen LogP contribution < -0.4 is 15.4 Å². The third-order valence-electron chi connectivity index (χ3n) is 6.66. The quantitative estimate of drug-likeness (QED) is 0.528. The molecule has 2 aliphatic rings. The van der Waals surface area contributed by atoms with E-state index in [1.165, 1.54) is 50.0 Å². The van der Waals surface area contributed by atoms with E-state index in [9.17, 15) is 0 Å². The Labute approximate surface area is 182 Å². The molecule has 2 fully saturated rings. The summed E-state index contributed by atoms with van der Waals surface area (Å²) in [6.07, 6.45) is 5.53. The summed E-state index contributed by atoms with van der Waals surface area (Å²) < 4.78 is 11.5. The van der Waals surface area contributed by atoms with Gasteiger partial charge in [-0.15, -0.1) is 0 Å². The van der Waals surface area contributed by atoms with Crippen LogP contribution in [-0.4, -0.2) is 70.5 Å². The van der Waals surface area contributed by atoms with E-state index < -0.39 is 0 Å². The van der Waals surface area contributed by atoms with Gasteiger partial charge in [0, 0.05) is 56.9 Å². The zero-order valence-electron chi connectivity index (χ0n) is 19.3.